The number of hydrogen-bond donors (Lipinski definition) is 2. The van der Waals surface area contributed by atoms with Crippen LogP contribution in [0.25, 0.3) is 10.9 Å². The molecule has 1 atom stereocenters. The Labute approximate surface area is 119 Å². The molecule has 3 rings (SSSR count). The first kappa shape index (κ1) is 13.2. The van der Waals surface area contributed by atoms with Crippen molar-refractivity contribution in [1.29, 1.82) is 0 Å². The van der Waals surface area contributed by atoms with E-state index in [0.29, 0.717) is 0 Å². The maximum atomic E-state index is 12.2. The third kappa shape index (κ3) is 2.33. The SMILES string of the molecule is CCC(C)NC(=O)c1ccc2[nH]c3c(c2c1)CCCC3. The minimum absolute atomic E-state index is 0.0343. The van der Waals surface area contributed by atoms with Gasteiger partial charge in [0.1, 0.15) is 0 Å². The Morgan fingerprint density at radius 2 is 2.15 bits per heavy atom. The lowest BCUT2D eigenvalue weighted by Gasteiger charge is -2.12. The Bertz CT molecular complexity index is 642. The Balaban J connectivity index is 1.95. The van der Waals surface area contributed by atoms with E-state index in [0.717, 1.165) is 30.3 Å². The zero-order valence-corrected chi connectivity index (χ0v) is 12.3. The van der Waals surface area contributed by atoms with Crippen molar-refractivity contribution >= 4 is 16.8 Å². The summed E-state index contributed by atoms with van der Waals surface area (Å²) in [6, 6.07) is 6.23. The van der Waals surface area contributed by atoms with Gasteiger partial charge in [-0.15, -0.1) is 0 Å². The summed E-state index contributed by atoms with van der Waals surface area (Å²) in [5.74, 6) is 0.0343. The van der Waals surface area contributed by atoms with Crippen LogP contribution < -0.4 is 5.32 Å². The molecule has 0 radical (unpaired) electrons. The molecule has 20 heavy (non-hydrogen) atoms. The second-order valence-corrected chi connectivity index (χ2v) is 5.83. The highest BCUT2D eigenvalue weighted by Crippen LogP contribution is 2.29. The number of aromatic amines is 1. The van der Waals surface area contributed by atoms with Crippen molar-refractivity contribution in [3.05, 3.63) is 35.0 Å². The van der Waals surface area contributed by atoms with Gasteiger partial charge in [0.05, 0.1) is 0 Å². The number of carbonyl (C=O) groups is 1. The first-order valence-corrected chi connectivity index (χ1v) is 7.63. The summed E-state index contributed by atoms with van der Waals surface area (Å²) in [6.07, 6.45) is 5.74. The zero-order chi connectivity index (χ0) is 14.1. The molecule has 1 aromatic heterocycles. The van der Waals surface area contributed by atoms with Crippen LogP contribution in [0.4, 0.5) is 0 Å². The molecular weight excluding hydrogens is 248 g/mol. The molecule has 2 aromatic rings. The van der Waals surface area contributed by atoms with E-state index < -0.39 is 0 Å². The second kappa shape index (κ2) is 5.31. The Hall–Kier alpha value is -1.77. The number of aryl methyl sites for hydroxylation is 2. The van der Waals surface area contributed by atoms with E-state index in [9.17, 15) is 4.79 Å². The number of hydrogen-bond acceptors (Lipinski definition) is 1. The highest BCUT2D eigenvalue weighted by atomic mass is 16.1. The van der Waals surface area contributed by atoms with Crippen molar-refractivity contribution < 1.29 is 4.79 Å². The number of amides is 1. The van der Waals surface area contributed by atoms with Crippen LogP contribution in [0.5, 0.6) is 0 Å². The number of fused-ring (bicyclic) bond motifs is 3. The smallest absolute Gasteiger partial charge is 0.251 e. The molecule has 1 aliphatic carbocycles. The van der Waals surface area contributed by atoms with Crippen LogP contribution in [0.2, 0.25) is 0 Å². The maximum Gasteiger partial charge on any atom is 0.251 e. The molecule has 1 heterocycles. The average Bonchev–Trinajstić information content (AvgIpc) is 2.84. The molecule has 0 saturated carbocycles. The van der Waals surface area contributed by atoms with Crippen LogP contribution in [0, 0.1) is 0 Å². The molecule has 3 heteroatoms. The van der Waals surface area contributed by atoms with Crippen LogP contribution >= 0.6 is 0 Å². The molecular formula is C17H22N2O. The van der Waals surface area contributed by atoms with Gasteiger partial charge < -0.3 is 10.3 Å². The lowest BCUT2D eigenvalue weighted by Crippen LogP contribution is -2.31. The highest BCUT2D eigenvalue weighted by Gasteiger charge is 2.17. The van der Waals surface area contributed by atoms with Crippen molar-refractivity contribution in [2.75, 3.05) is 0 Å². The summed E-state index contributed by atoms with van der Waals surface area (Å²) in [7, 11) is 0. The molecule has 0 saturated heterocycles. The largest absolute Gasteiger partial charge is 0.358 e. The van der Waals surface area contributed by atoms with Crippen LogP contribution in [-0.2, 0) is 12.8 Å². The fourth-order valence-corrected chi connectivity index (χ4v) is 2.96. The van der Waals surface area contributed by atoms with E-state index in [4.69, 9.17) is 0 Å². The van der Waals surface area contributed by atoms with Crippen molar-refractivity contribution in [2.24, 2.45) is 0 Å². The van der Waals surface area contributed by atoms with E-state index in [1.54, 1.807) is 0 Å². The molecule has 2 N–H and O–H groups in total. The lowest BCUT2D eigenvalue weighted by atomic mass is 9.95. The van der Waals surface area contributed by atoms with Gasteiger partial charge in [0.15, 0.2) is 0 Å². The van der Waals surface area contributed by atoms with E-state index in [-0.39, 0.29) is 11.9 Å². The summed E-state index contributed by atoms with van der Waals surface area (Å²) in [5.41, 5.74) is 4.72. The number of aromatic nitrogens is 1. The molecule has 0 aliphatic heterocycles. The minimum Gasteiger partial charge on any atom is -0.358 e. The fourth-order valence-electron chi connectivity index (χ4n) is 2.96. The van der Waals surface area contributed by atoms with Gasteiger partial charge in [-0.2, -0.15) is 0 Å². The zero-order valence-electron chi connectivity index (χ0n) is 12.3. The molecule has 1 aliphatic rings. The van der Waals surface area contributed by atoms with Gasteiger partial charge in [0.25, 0.3) is 5.91 Å². The summed E-state index contributed by atoms with van der Waals surface area (Å²) in [4.78, 5) is 15.7. The molecule has 3 nitrogen and oxygen atoms in total. The van der Waals surface area contributed by atoms with Crippen LogP contribution in [0.15, 0.2) is 18.2 Å². The predicted molar refractivity (Wildman–Crippen MR) is 82.2 cm³/mol. The highest BCUT2D eigenvalue weighted by molar-refractivity contribution is 5.99. The summed E-state index contributed by atoms with van der Waals surface area (Å²) < 4.78 is 0. The standard InChI is InChI=1S/C17H22N2O/c1-3-11(2)18-17(20)12-8-9-16-14(10-12)13-6-4-5-7-15(13)19-16/h8-11,19H,3-7H2,1-2H3,(H,18,20). The number of benzene rings is 1. The molecule has 1 unspecified atom stereocenters. The van der Waals surface area contributed by atoms with Gasteiger partial charge in [-0.1, -0.05) is 6.92 Å². The number of H-pyrrole nitrogens is 1. The Morgan fingerprint density at radius 1 is 1.35 bits per heavy atom. The van der Waals surface area contributed by atoms with Crippen LogP contribution in [0.3, 0.4) is 0 Å². The van der Waals surface area contributed by atoms with E-state index in [2.05, 4.69) is 17.2 Å². The van der Waals surface area contributed by atoms with Gasteiger partial charge in [0.2, 0.25) is 0 Å². The van der Waals surface area contributed by atoms with Gasteiger partial charge >= 0.3 is 0 Å². The summed E-state index contributed by atoms with van der Waals surface area (Å²) in [6.45, 7) is 4.12. The normalized spacial score (nSPS) is 15.9. The number of carbonyl (C=O) groups excluding carboxylic acids is 1. The third-order valence-corrected chi connectivity index (χ3v) is 4.35. The second-order valence-electron chi connectivity index (χ2n) is 5.83. The first-order valence-electron chi connectivity index (χ1n) is 7.63. The van der Waals surface area contributed by atoms with Crippen LogP contribution in [0.1, 0.15) is 54.7 Å². The van der Waals surface area contributed by atoms with Gasteiger partial charge in [0, 0.05) is 28.2 Å². The quantitative estimate of drug-likeness (QED) is 0.879. The van der Waals surface area contributed by atoms with Crippen molar-refractivity contribution in [1.82, 2.24) is 10.3 Å². The lowest BCUT2D eigenvalue weighted by molar-refractivity contribution is 0.0939. The van der Waals surface area contributed by atoms with Crippen molar-refractivity contribution in [3.8, 4) is 0 Å². The Morgan fingerprint density at radius 3 is 2.95 bits per heavy atom. The topological polar surface area (TPSA) is 44.9 Å². The van der Waals surface area contributed by atoms with Crippen molar-refractivity contribution in [2.45, 2.75) is 52.0 Å². The molecule has 106 valence electrons. The van der Waals surface area contributed by atoms with Crippen molar-refractivity contribution in [3.63, 3.8) is 0 Å². The van der Waals surface area contributed by atoms with Crippen LogP contribution in [-0.4, -0.2) is 16.9 Å². The van der Waals surface area contributed by atoms with Gasteiger partial charge in [-0.25, -0.2) is 0 Å². The monoisotopic (exact) mass is 270 g/mol. The number of rotatable bonds is 3. The molecule has 1 amide bonds. The third-order valence-electron chi connectivity index (χ3n) is 4.35. The minimum atomic E-state index is 0.0343. The molecule has 0 fully saturated rings. The van der Waals surface area contributed by atoms with E-state index in [1.165, 1.54) is 29.5 Å². The maximum absolute atomic E-state index is 12.2. The average molecular weight is 270 g/mol. The van der Waals surface area contributed by atoms with E-state index in [1.807, 2.05) is 25.1 Å². The summed E-state index contributed by atoms with van der Waals surface area (Å²) in [5, 5.41) is 4.27. The first-order chi connectivity index (χ1) is 9.69. The molecule has 1 aromatic carbocycles. The van der Waals surface area contributed by atoms with Gasteiger partial charge in [-0.3, -0.25) is 4.79 Å². The fraction of sp³-hybridized carbons (Fsp3) is 0.471. The molecule has 0 bridgehead atoms. The van der Waals surface area contributed by atoms with E-state index >= 15 is 0 Å². The predicted octanol–water partition coefficient (Wildman–Crippen LogP) is 3.58. The Kier molecular flexibility index (Phi) is 3.51. The molecule has 0 spiro atoms. The summed E-state index contributed by atoms with van der Waals surface area (Å²) >= 11 is 0. The van der Waals surface area contributed by atoms with Gasteiger partial charge in [-0.05, 0) is 62.8 Å². The number of nitrogens with one attached hydrogen (secondary N) is 2.